The molecule has 6 nitrogen and oxygen atoms in total. The molecule has 28 heavy (non-hydrogen) atoms. The lowest BCUT2D eigenvalue weighted by Crippen LogP contribution is -2.48. The van der Waals surface area contributed by atoms with Gasteiger partial charge in [-0.3, -0.25) is 14.4 Å². The summed E-state index contributed by atoms with van der Waals surface area (Å²) < 4.78 is 11.4. The standard InChI is InChI=1S/C22H25NO5/c1-15-8-10-16(11-9-15)17-7-6-14-23(17)22(12-4-5-13-22)19(24)18(20(25)27-2)21(26)28-3/h6-11,14,18H,4-5,12-13H2,1-3H3. The van der Waals surface area contributed by atoms with Gasteiger partial charge in [0.1, 0.15) is 5.54 Å². The summed E-state index contributed by atoms with van der Waals surface area (Å²) >= 11 is 0. The van der Waals surface area contributed by atoms with Crippen LogP contribution < -0.4 is 0 Å². The molecule has 1 aliphatic carbocycles. The smallest absolute Gasteiger partial charge is 0.327 e. The summed E-state index contributed by atoms with van der Waals surface area (Å²) in [5, 5.41) is 0. The molecule has 1 fully saturated rings. The SMILES string of the molecule is COC(=O)C(C(=O)OC)C(=O)C1(n2cccc2-c2ccc(C)cc2)CCCC1. The quantitative estimate of drug-likeness (QED) is 0.565. The first-order chi connectivity index (χ1) is 13.4. The Hall–Kier alpha value is -2.89. The summed E-state index contributed by atoms with van der Waals surface area (Å²) in [6.45, 7) is 2.02. The van der Waals surface area contributed by atoms with Gasteiger partial charge < -0.3 is 14.0 Å². The fourth-order valence-electron chi connectivity index (χ4n) is 4.09. The molecular weight excluding hydrogens is 358 g/mol. The maximum atomic E-state index is 13.6. The number of methoxy groups -OCH3 is 2. The predicted molar refractivity (Wildman–Crippen MR) is 104 cm³/mol. The average molecular weight is 383 g/mol. The van der Waals surface area contributed by atoms with Gasteiger partial charge in [-0.1, -0.05) is 42.7 Å². The zero-order valence-electron chi connectivity index (χ0n) is 16.4. The summed E-state index contributed by atoms with van der Waals surface area (Å²) in [4.78, 5) is 38.1. The van der Waals surface area contributed by atoms with Crippen LogP contribution in [0.25, 0.3) is 11.3 Å². The number of carbonyl (C=O) groups is 3. The van der Waals surface area contributed by atoms with Crippen LogP contribution in [-0.4, -0.2) is 36.5 Å². The minimum absolute atomic E-state index is 0.465. The molecule has 148 valence electrons. The van der Waals surface area contributed by atoms with Gasteiger partial charge in [0.2, 0.25) is 5.92 Å². The normalized spacial score (nSPS) is 15.4. The number of aryl methyl sites for hydroxylation is 1. The molecule has 0 unspecified atom stereocenters. The summed E-state index contributed by atoms with van der Waals surface area (Å²) in [5.74, 6) is -3.81. The monoisotopic (exact) mass is 383 g/mol. The largest absolute Gasteiger partial charge is 0.468 e. The van der Waals surface area contributed by atoms with Crippen molar-refractivity contribution in [1.82, 2.24) is 4.57 Å². The van der Waals surface area contributed by atoms with E-state index in [-0.39, 0.29) is 0 Å². The lowest BCUT2D eigenvalue weighted by molar-refractivity contribution is -0.163. The van der Waals surface area contributed by atoms with Gasteiger partial charge >= 0.3 is 11.9 Å². The molecule has 1 aliphatic rings. The van der Waals surface area contributed by atoms with E-state index in [1.165, 1.54) is 14.2 Å². The fraction of sp³-hybridized carbons (Fsp3) is 0.409. The van der Waals surface area contributed by atoms with Crippen molar-refractivity contribution in [3.63, 3.8) is 0 Å². The van der Waals surface area contributed by atoms with Crippen LogP contribution in [0.4, 0.5) is 0 Å². The van der Waals surface area contributed by atoms with Crippen molar-refractivity contribution >= 4 is 17.7 Å². The van der Waals surface area contributed by atoms with Crippen LogP contribution in [0.2, 0.25) is 0 Å². The Morgan fingerprint density at radius 3 is 2.07 bits per heavy atom. The molecule has 1 saturated carbocycles. The highest BCUT2D eigenvalue weighted by atomic mass is 16.5. The number of Topliss-reactive ketones (excluding diaryl/α,β-unsaturated/α-hetero) is 1. The number of hydrogen-bond acceptors (Lipinski definition) is 5. The maximum Gasteiger partial charge on any atom is 0.327 e. The van der Waals surface area contributed by atoms with E-state index in [1.807, 2.05) is 54.1 Å². The van der Waals surface area contributed by atoms with Gasteiger partial charge in [0.15, 0.2) is 5.78 Å². The number of nitrogens with zero attached hydrogens (tertiary/aromatic N) is 1. The van der Waals surface area contributed by atoms with Crippen molar-refractivity contribution in [2.24, 2.45) is 5.92 Å². The third kappa shape index (κ3) is 3.35. The molecule has 0 saturated heterocycles. The molecule has 0 amide bonds. The van der Waals surface area contributed by atoms with E-state index >= 15 is 0 Å². The molecule has 6 heteroatoms. The van der Waals surface area contributed by atoms with Crippen LogP contribution >= 0.6 is 0 Å². The minimum Gasteiger partial charge on any atom is -0.468 e. The van der Waals surface area contributed by atoms with Gasteiger partial charge in [0, 0.05) is 11.9 Å². The fourth-order valence-corrected chi connectivity index (χ4v) is 4.09. The van der Waals surface area contributed by atoms with Crippen LogP contribution in [0.15, 0.2) is 42.6 Å². The van der Waals surface area contributed by atoms with Crippen molar-refractivity contribution < 1.29 is 23.9 Å². The van der Waals surface area contributed by atoms with Gasteiger partial charge in [0.05, 0.1) is 14.2 Å². The molecule has 3 rings (SSSR count). The Morgan fingerprint density at radius 2 is 1.54 bits per heavy atom. The number of rotatable bonds is 6. The first-order valence-electron chi connectivity index (χ1n) is 9.39. The molecule has 0 aliphatic heterocycles. The summed E-state index contributed by atoms with van der Waals surface area (Å²) in [6.07, 6.45) is 4.65. The molecular formula is C22H25NO5. The summed E-state index contributed by atoms with van der Waals surface area (Å²) in [6, 6.07) is 11.9. The van der Waals surface area contributed by atoms with E-state index < -0.39 is 29.2 Å². The number of carbonyl (C=O) groups excluding carboxylic acids is 3. The van der Waals surface area contributed by atoms with Crippen LogP contribution in [0.1, 0.15) is 31.2 Å². The van der Waals surface area contributed by atoms with Crippen LogP contribution in [-0.2, 0) is 29.4 Å². The van der Waals surface area contributed by atoms with Gasteiger partial charge in [-0.15, -0.1) is 0 Å². The van der Waals surface area contributed by atoms with E-state index in [0.717, 1.165) is 29.7 Å². The maximum absolute atomic E-state index is 13.6. The first kappa shape index (κ1) is 19.9. The zero-order valence-corrected chi connectivity index (χ0v) is 16.4. The Kier molecular flexibility index (Phi) is 5.68. The zero-order chi connectivity index (χ0) is 20.3. The Balaban J connectivity index is 2.10. The summed E-state index contributed by atoms with van der Waals surface area (Å²) in [5.41, 5.74) is 2.02. The van der Waals surface area contributed by atoms with E-state index in [9.17, 15) is 14.4 Å². The van der Waals surface area contributed by atoms with Gasteiger partial charge in [0.25, 0.3) is 0 Å². The van der Waals surface area contributed by atoms with E-state index in [1.54, 1.807) is 0 Å². The highest BCUT2D eigenvalue weighted by molar-refractivity contribution is 6.17. The first-order valence-corrected chi connectivity index (χ1v) is 9.39. The van der Waals surface area contributed by atoms with Gasteiger partial charge in [-0.2, -0.15) is 0 Å². The van der Waals surface area contributed by atoms with Crippen molar-refractivity contribution in [3.8, 4) is 11.3 Å². The lowest BCUT2D eigenvalue weighted by Gasteiger charge is -2.33. The molecule has 2 aromatic rings. The molecule has 1 aromatic heterocycles. The molecule has 0 radical (unpaired) electrons. The third-order valence-electron chi connectivity index (χ3n) is 5.58. The Morgan fingerprint density at radius 1 is 0.964 bits per heavy atom. The topological polar surface area (TPSA) is 74.6 Å². The van der Waals surface area contributed by atoms with Crippen molar-refractivity contribution in [2.75, 3.05) is 14.2 Å². The highest BCUT2D eigenvalue weighted by Crippen LogP contribution is 2.42. The number of aromatic nitrogens is 1. The molecule has 0 bridgehead atoms. The molecule has 1 aromatic carbocycles. The van der Waals surface area contributed by atoms with E-state index in [0.29, 0.717) is 12.8 Å². The lowest BCUT2D eigenvalue weighted by atomic mass is 9.83. The molecule has 0 spiro atoms. The molecule has 1 heterocycles. The van der Waals surface area contributed by atoms with Crippen LogP contribution in [0.5, 0.6) is 0 Å². The van der Waals surface area contributed by atoms with Gasteiger partial charge in [-0.05, 0) is 37.5 Å². The van der Waals surface area contributed by atoms with Crippen molar-refractivity contribution in [1.29, 1.82) is 0 Å². The second-order valence-corrected chi connectivity index (χ2v) is 7.21. The van der Waals surface area contributed by atoms with Crippen molar-refractivity contribution in [2.45, 2.75) is 38.1 Å². The number of hydrogen-bond donors (Lipinski definition) is 0. The van der Waals surface area contributed by atoms with Crippen LogP contribution in [0.3, 0.4) is 0 Å². The Labute approximate surface area is 164 Å². The predicted octanol–water partition coefficient (Wildman–Crippen LogP) is 3.26. The van der Waals surface area contributed by atoms with Crippen LogP contribution in [0, 0.1) is 12.8 Å². The van der Waals surface area contributed by atoms with Gasteiger partial charge in [-0.25, -0.2) is 0 Å². The average Bonchev–Trinajstić information content (AvgIpc) is 3.38. The summed E-state index contributed by atoms with van der Waals surface area (Å²) in [7, 11) is 2.33. The number of benzene rings is 1. The number of esters is 2. The minimum atomic E-state index is -1.58. The van der Waals surface area contributed by atoms with Crippen molar-refractivity contribution in [3.05, 3.63) is 48.2 Å². The Bertz CT molecular complexity index is 859. The molecule has 0 N–H and O–H groups in total. The second kappa shape index (κ2) is 8.00. The number of ether oxygens (including phenoxy) is 2. The van der Waals surface area contributed by atoms with E-state index in [2.05, 4.69) is 0 Å². The molecule has 0 atom stereocenters. The highest BCUT2D eigenvalue weighted by Gasteiger charge is 2.51. The second-order valence-electron chi connectivity index (χ2n) is 7.21. The van der Waals surface area contributed by atoms with E-state index in [4.69, 9.17) is 9.47 Å². The third-order valence-corrected chi connectivity index (χ3v) is 5.58. The number of ketones is 1.